The lowest BCUT2D eigenvalue weighted by Crippen LogP contribution is -2.18. The van der Waals surface area contributed by atoms with Gasteiger partial charge in [-0.2, -0.15) is 0 Å². The van der Waals surface area contributed by atoms with E-state index in [-0.39, 0.29) is 0 Å². The van der Waals surface area contributed by atoms with Crippen molar-refractivity contribution < 1.29 is 0 Å². The third kappa shape index (κ3) is 4.87. The molecule has 1 nitrogen and oxygen atoms in total. The Morgan fingerprint density at radius 2 is 2.00 bits per heavy atom. The van der Waals surface area contributed by atoms with Crippen molar-refractivity contribution in [2.75, 3.05) is 6.54 Å². The Hall–Kier alpha value is -0.770. The molecule has 0 aromatic heterocycles. The smallest absolute Gasteiger partial charge is 0.0302 e. The van der Waals surface area contributed by atoms with Crippen LogP contribution < -0.4 is 5.32 Å². The molecule has 0 saturated carbocycles. The van der Waals surface area contributed by atoms with E-state index in [1.165, 1.54) is 26.1 Å². The number of nitrogens with one attached hydrogen (secondary N) is 1. The minimum absolute atomic E-state index is 0.375. The summed E-state index contributed by atoms with van der Waals surface area (Å²) in [6, 6.07) is 15.7. The zero-order valence-electron chi connectivity index (χ0n) is 12.8. The van der Waals surface area contributed by atoms with Crippen LogP contribution >= 0.6 is 27.7 Å². The second-order valence-corrected chi connectivity index (χ2v) is 7.14. The van der Waals surface area contributed by atoms with Gasteiger partial charge in [0.15, 0.2) is 0 Å². The van der Waals surface area contributed by atoms with E-state index in [9.17, 15) is 0 Å². The average Bonchev–Trinajstić information content (AvgIpc) is 2.45. The monoisotopic (exact) mass is 363 g/mol. The number of halogens is 1. The van der Waals surface area contributed by atoms with E-state index in [0.717, 1.165) is 12.3 Å². The molecule has 0 aliphatic heterocycles. The Morgan fingerprint density at radius 1 is 1.19 bits per heavy atom. The molecule has 0 spiro atoms. The molecule has 0 radical (unpaired) electrons. The average molecular weight is 364 g/mol. The van der Waals surface area contributed by atoms with Gasteiger partial charge in [0.2, 0.25) is 0 Å². The highest BCUT2D eigenvalue weighted by molar-refractivity contribution is 9.10. The maximum absolute atomic E-state index is 3.70. The molecular formula is C18H22BrNS. The van der Waals surface area contributed by atoms with Crippen LogP contribution in [0.3, 0.4) is 0 Å². The largest absolute Gasteiger partial charge is 0.310 e. The van der Waals surface area contributed by atoms with Crippen LogP contribution in [0.2, 0.25) is 0 Å². The lowest BCUT2D eigenvalue weighted by Gasteiger charge is -2.15. The molecule has 0 aliphatic carbocycles. The van der Waals surface area contributed by atoms with Crippen LogP contribution in [0.25, 0.3) is 0 Å². The second-order valence-electron chi connectivity index (χ2n) is 5.24. The van der Waals surface area contributed by atoms with Crippen molar-refractivity contribution in [2.45, 2.75) is 37.5 Å². The van der Waals surface area contributed by atoms with Crippen LogP contribution in [-0.4, -0.2) is 6.54 Å². The maximum Gasteiger partial charge on any atom is 0.0302 e. The summed E-state index contributed by atoms with van der Waals surface area (Å²) in [5.41, 5.74) is 4.02. The number of rotatable bonds is 6. The van der Waals surface area contributed by atoms with Gasteiger partial charge in [-0.05, 0) is 43.7 Å². The molecule has 2 aromatic carbocycles. The van der Waals surface area contributed by atoms with Gasteiger partial charge in [-0.25, -0.2) is 0 Å². The molecule has 0 saturated heterocycles. The standard InChI is InChI=1S/C18H22BrNS/c1-4-20-14(3)17-9-8-16(11-18(17)19)21-12-15-7-5-6-13(2)10-15/h5-11,14,20H,4,12H2,1-3H3. The molecule has 0 heterocycles. The van der Waals surface area contributed by atoms with Gasteiger partial charge < -0.3 is 5.32 Å². The third-order valence-electron chi connectivity index (χ3n) is 3.44. The predicted octanol–water partition coefficient (Wildman–Crippen LogP) is 5.72. The highest BCUT2D eigenvalue weighted by atomic mass is 79.9. The summed E-state index contributed by atoms with van der Waals surface area (Å²) in [4.78, 5) is 1.30. The molecule has 0 amide bonds. The van der Waals surface area contributed by atoms with Crippen molar-refractivity contribution in [1.29, 1.82) is 0 Å². The first-order valence-electron chi connectivity index (χ1n) is 7.31. The predicted molar refractivity (Wildman–Crippen MR) is 97.0 cm³/mol. The molecule has 1 N–H and O–H groups in total. The minimum Gasteiger partial charge on any atom is -0.310 e. The molecule has 3 heteroatoms. The van der Waals surface area contributed by atoms with Crippen LogP contribution in [0.5, 0.6) is 0 Å². The van der Waals surface area contributed by atoms with Gasteiger partial charge in [0.1, 0.15) is 0 Å². The normalized spacial score (nSPS) is 12.4. The lowest BCUT2D eigenvalue weighted by atomic mass is 10.1. The minimum atomic E-state index is 0.375. The SMILES string of the molecule is CCNC(C)c1ccc(SCc2cccc(C)c2)cc1Br. The molecule has 0 aliphatic rings. The van der Waals surface area contributed by atoms with Crippen molar-refractivity contribution in [2.24, 2.45) is 0 Å². The van der Waals surface area contributed by atoms with E-state index in [0.29, 0.717) is 6.04 Å². The third-order valence-corrected chi connectivity index (χ3v) is 5.19. The fourth-order valence-electron chi connectivity index (χ4n) is 2.33. The molecular weight excluding hydrogens is 342 g/mol. The quantitative estimate of drug-likeness (QED) is 0.658. The number of hydrogen-bond donors (Lipinski definition) is 1. The van der Waals surface area contributed by atoms with Crippen LogP contribution in [-0.2, 0) is 5.75 Å². The van der Waals surface area contributed by atoms with Gasteiger partial charge in [-0.1, -0.05) is 58.7 Å². The van der Waals surface area contributed by atoms with E-state index < -0.39 is 0 Å². The number of benzene rings is 2. The van der Waals surface area contributed by atoms with E-state index in [4.69, 9.17) is 0 Å². The molecule has 2 rings (SSSR count). The molecule has 0 bridgehead atoms. The summed E-state index contributed by atoms with van der Waals surface area (Å²) in [5.74, 6) is 1.01. The first kappa shape index (κ1) is 16.6. The maximum atomic E-state index is 3.70. The zero-order chi connectivity index (χ0) is 15.2. The Bertz CT molecular complexity index is 598. The van der Waals surface area contributed by atoms with Crippen molar-refractivity contribution in [3.63, 3.8) is 0 Å². The fraction of sp³-hybridized carbons (Fsp3) is 0.333. The zero-order valence-corrected chi connectivity index (χ0v) is 15.2. The molecule has 21 heavy (non-hydrogen) atoms. The van der Waals surface area contributed by atoms with Gasteiger partial charge >= 0.3 is 0 Å². The van der Waals surface area contributed by atoms with E-state index in [1.807, 2.05) is 11.8 Å². The van der Waals surface area contributed by atoms with Crippen LogP contribution in [0, 0.1) is 6.92 Å². The highest BCUT2D eigenvalue weighted by Gasteiger charge is 2.09. The Labute approximate surface area is 140 Å². The summed E-state index contributed by atoms with van der Waals surface area (Å²) in [7, 11) is 0. The lowest BCUT2D eigenvalue weighted by molar-refractivity contribution is 0.595. The number of thioether (sulfide) groups is 1. The summed E-state index contributed by atoms with van der Waals surface area (Å²) in [6.07, 6.45) is 0. The molecule has 112 valence electrons. The molecule has 0 fully saturated rings. The van der Waals surface area contributed by atoms with E-state index in [2.05, 4.69) is 84.5 Å². The Kier molecular flexibility index (Phi) is 6.34. The number of hydrogen-bond acceptors (Lipinski definition) is 2. The van der Waals surface area contributed by atoms with Gasteiger partial charge in [0, 0.05) is 21.2 Å². The first-order valence-corrected chi connectivity index (χ1v) is 9.09. The van der Waals surface area contributed by atoms with Gasteiger partial charge in [-0.15, -0.1) is 11.8 Å². The van der Waals surface area contributed by atoms with Gasteiger partial charge in [0.25, 0.3) is 0 Å². The van der Waals surface area contributed by atoms with Gasteiger partial charge in [0.05, 0.1) is 0 Å². The van der Waals surface area contributed by atoms with E-state index >= 15 is 0 Å². The van der Waals surface area contributed by atoms with Crippen LogP contribution in [0.4, 0.5) is 0 Å². The summed E-state index contributed by atoms with van der Waals surface area (Å²) in [5, 5.41) is 3.45. The number of aryl methyl sites for hydroxylation is 1. The van der Waals surface area contributed by atoms with E-state index in [1.54, 1.807) is 0 Å². The van der Waals surface area contributed by atoms with Crippen molar-refractivity contribution >= 4 is 27.7 Å². The van der Waals surface area contributed by atoms with Crippen molar-refractivity contribution in [3.05, 3.63) is 63.6 Å². The van der Waals surface area contributed by atoms with Crippen molar-refractivity contribution in [1.82, 2.24) is 5.32 Å². The molecule has 2 aromatic rings. The topological polar surface area (TPSA) is 12.0 Å². The summed E-state index contributed by atoms with van der Waals surface area (Å²) < 4.78 is 1.19. The fourth-order valence-corrected chi connectivity index (χ4v) is 4.09. The molecule has 1 atom stereocenters. The summed E-state index contributed by atoms with van der Waals surface area (Å²) in [6.45, 7) is 7.46. The van der Waals surface area contributed by atoms with Crippen LogP contribution in [0.1, 0.15) is 36.6 Å². The second kappa shape index (κ2) is 8.02. The Balaban J connectivity index is 2.03. The van der Waals surface area contributed by atoms with Crippen molar-refractivity contribution in [3.8, 4) is 0 Å². The summed E-state index contributed by atoms with van der Waals surface area (Å²) >= 11 is 5.58. The molecule has 1 unspecified atom stereocenters. The highest BCUT2D eigenvalue weighted by Crippen LogP contribution is 2.30. The van der Waals surface area contributed by atoms with Gasteiger partial charge in [-0.3, -0.25) is 0 Å². The first-order chi connectivity index (χ1) is 10.1. The Morgan fingerprint density at radius 3 is 2.67 bits per heavy atom. The van der Waals surface area contributed by atoms with Crippen LogP contribution in [0.15, 0.2) is 51.8 Å².